The smallest absolute Gasteiger partial charge is 0.214 e. The third kappa shape index (κ3) is 6.65. The largest absolute Gasteiger partial charge is 0.491 e. The molecule has 0 bridgehead atoms. The minimum atomic E-state index is -0.556. The summed E-state index contributed by atoms with van der Waals surface area (Å²) in [5.74, 6) is 0.733. The number of amides is 1. The fourth-order valence-corrected chi connectivity index (χ4v) is 4.91. The Hall–Kier alpha value is -2.23. The van der Waals surface area contributed by atoms with Crippen molar-refractivity contribution in [3.05, 3.63) is 52.5 Å². The molecule has 176 valence electrons. The first-order valence-electron chi connectivity index (χ1n) is 11.1. The van der Waals surface area contributed by atoms with Crippen LogP contribution in [0.5, 0.6) is 5.75 Å². The SMILES string of the molecule is Cc1nc2cc(OC[C@H](O)CN3CCN(CCN(C=O)c4ccc(Cl)cc4)CC3)ccc2s1. The fraction of sp³-hybridized carbons (Fsp3) is 0.417. The zero-order valence-corrected chi connectivity index (χ0v) is 20.3. The van der Waals surface area contributed by atoms with Crippen LogP contribution in [0.3, 0.4) is 0 Å². The number of aromatic nitrogens is 1. The summed E-state index contributed by atoms with van der Waals surface area (Å²) in [6.45, 7) is 7.83. The van der Waals surface area contributed by atoms with E-state index in [2.05, 4.69) is 14.8 Å². The maximum atomic E-state index is 11.5. The zero-order chi connectivity index (χ0) is 23.2. The summed E-state index contributed by atoms with van der Waals surface area (Å²) in [5.41, 5.74) is 1.78. The lowest BCUT2D eigenvalue weighted by molar-refractivity contribution is -0.107. The Morgan fingerprint density at radius 1 is 1.18 bits per heavy atom. The van der Waals surface area contributed by atoms with Gasteiger partial charge < -0.3 is 14.7 Å². The van der Waals surface area contributed by atoms with Crippen LogP contribution in [0.1, 0.15) is 5.01 Å². The molecular formula is C24H29ClN4O3S. The molecule has 0 radical (unpaired) electrons. The number of rotatable bonds is 10. The third-order valence-corrected chi connectivity index (χ3v) is 6.99. The predicted octanol–water partition coefficient (Wildman–Crippen LogP) is 3.28. The number of anilines is 1. The van der Waals surface area contributed by atoms with Crippen LogP contribution in [0.15, 0.2) is 42.5 Å². The second-order valence-electron chi connectivity index (χ2n) is 8.24. The van der Waals surface area contributed by atoms with Gasteiger partial charge in [-0.3, -0.25) is 14.6 Å². The third-order valence-electron chi connectivity index (χ3n) is 5.78. The number of benzene rings is 2. The predicted molar refractivity (Wildman–Crippen MR) is 134 cm³/mol. The fourth-order valence-electron chi connectivity index (χ4n) is 3.98. The van der Waals surface area contributed by atoms with Crippen LogP contribution in [-0.4, -0.2) is 84.8 Å². The second kappa shape index (κ2) is 11.3. The number of nitrogens with zero attached hydrogens (tertiary/aromatic N) is 4. The number of β-amino-alcohol motifs (C(OH)–C–C–N with tert-alkyl or cyclic N) is 1. The summed E-state index contributed by atoms with van der Waals surface area (Å²) in [4.78, 5) is 22.3. The molecule has 9 heteroatoms. The Morgan fingerprint density at radius 3 is 2.64 bits per heavy atom. The van der Waals surface area contributed by atoms with Crippen molar-refractivity contribution in [2.45, 2.75) is 13.0 Å². The molecule has 4 rings (SSSR count). The molecule has 1 aliphatic heterocycles. The molecule has 3 aromatic rings. The number of aliphatic hydroxyl groups excluding tert-OH is 1. The second-order valence-corrected chi connectivity index (χ2v) is 9.92. The highest BCUT2D eigenvalue weighted by atomic mass is 35.5. The van der Waals surface area contributed by atoms with Gasteiger partial charge in [0.05, 0.1) is 15.2 Å². The molecule has 0 aliphatic carbocycles. The lowest BCUT2D eigenvalue weighted by atomic mass is 10.2. The van der Waals surface area contributed by atoms with Gasteiger partial charge in [-0.15, -0.1) is 11.3 Å². The number of piperazine rings is 1. The summed E-state index contributed by atoms with van der Waals surface area (Å²) in [6, 6.07) is 13.2. The molecule has 2 heterocycles. The lowest BCUT2D eigenvalue weighted by Gasteiger charge is -2.36. The summed E-state index contributed by atoms with van der Waals surface area (Å²) in [6.07, 6.45) is 0.309. The van der Waals surface area contributed by atoms with E-state index in [0.717, 1.165) is 65.8 Å². The summed E-state index contributed by atoms with van der Waals surface area (Å²) < 4.78 is 6.95. The van der Waals surface area contributed by atoms with Gasteiger partial charge in [-0.2, -0.15) is 0 Å². The summed E-state index contributed by atoms with van der Waals surface area (Å²) in [7, 11) is 0. The van der Waals surface area contributed by atoms with Crippen molar-refractivity contribution in [3.63, 3.8) is 0 Å². The monoisotopic (exact) mass is 488 g/mol. The van der Waals surface area contributed by atoms with Gasteiger partial charge in [0.25, 0.3) is 0 Å². The molecule has 7 nitrogen and oxygen atoms in total. The molecule has 0 spiro atoms. The molecule has 1 N–H and O–H groups in total. The van der Waals surface area contributed by atoms with Crippen LogP contribution < -0.4 is 9.64 Å². The van der Waals surface area contributed by atoms with E-state index in [0.29, 0.717) is 18.1 Å². The number of aliphatic hydroxyl groups is 1. The van der Waals surface area contributed by atoms with E-state index in [9.17, 15) is 9.90 Å². The number of carbonyl (C=O) groups is 1. The van der Waals surface area contributed by atoms with E-state index in [1.807, 2.05) is 37.3 Å². The first kappa shape index (κ1) is 23.9. The van der Waals surface area contributed by atoms with Crippen LogP contribution in [0, 0.1) is 6.92 Å². The molecule has 0 saturated carbocycles. The number of hydrogen-bond acceptors (Lipinski definition) is 7. The van der Waals surface area contributed by atoms with Gasteiger partial charge in [0.1, 0.15) is 18.5 Å². The normalized spacial score (nSPS) is 16.1. The first-order valence-corrected chi connectivity index (χ1v) is 12.3. The van der Waals surface area contributed by atoms with E-state index in [1.165, 1.54) is 0 Å². The number of fused-ring (bicyclic) bond motifs is 1. The number of thiazole rings is 1. The Balaban J connectivity index is 1.17. The highest BCUT2D eigenvalue weighted by Crippen LogP contribution is 2.25. The van der Waals surface area contributed by atoms with Crippen molar-refractivity contribution in [1.29, 1.82) is 0 Å². The number of aryl methyl sites for hydroxylation is 1. The molecule has 1 fully saturated rings. The Labute approximate surface area is 203 Å². The van der Waals surface area contributed by atoms with E-state index in [1.54, 1.807) is 28.4 Å². The average molecular weight is 489 g/mol. The standard InChI is InChI=1S/C24H29ClN4O3S/c1-18-26-23-14-22(6-7-24(23)33-18)32-16-21(31)15-28-10-8-27(9-11-28)12-13-29(17-30)20-4-2-19(25)3-5-20/h2-7,14,17,21,31H,8-13,15-16H2,1H3/t21-/m1/s1. The van der Waals surface area contributed by atoms with Crippen LogP contribution in [-0.2, 0) is 4.79 Å². The van der Waals surface area contributed by atoms with E-state index < -0.39 is 6.10 Å². The van der Waals surface area contributed by atoms with Crippen LogP contribution in [0.2, 0.25) is 5.02 Å². The van der Waals surface area contributed by atoms with E-state index in [4.69, 9.17) is 16.3 Å². The highest BCUT2D eigenvalue weighted by Gasteiger charge is 2.20. The van der Waals surface area contributed by atoms with Gasteiger partial charge in [-0.25, -0.2) is 4.98 Å². The van der Waals surface area contributed by atoms with Crippen LogP contribution >= 0.6 is 22.9 Å². The van der Waals surface area contributed by atoms with Gasteiger partial charge in [0, 0.05) is 62.6 Å². The zero-order valence-electron chi connectivity index (χ0n) is 18.7. The number of halogens is 1. The number of ether oxygens (including phenoxy) is 1. The molecule has 33 heavy (non-hydrogen) atoms. The van der Waals surface area contributed by atoms with E-state index in [-0.39, 0.29) is 6.61 Å². The summed E-state index contributed by atoms with van der Waals surface area (Å²) >= 11 is 7.60. The maximum absolute atomic E-state index is 11.5. The van der Waals surface area contributed by atoms with Gasteiger partial charge in [0.2, 0.25) is 6.41 Å². The van der Waals surface area contributed by atoms with Crippen molar-refractivity contribution in [1.82, 2.24) is 14.8 Å². The molecule has 1 atom stereocenters. The molecule has 1 amide bonds. The van der Waals surface area contributed by atoms with Gasteiger partial charge in [0.15, 0.2) is 0 Å². The van der Waals surface area contributed by atoms with Crippen molar-refractivity contribution in [2.24, 2.45) is 0 Å². The van der Waals surface area contributed by atoms with Crippen molar-refractivity contribution < 1.29 is 14.6 Å². The van der Waals surface area contributed by atoms with Gasteiger partial charge in [-0.1, -0.05) is 11.6 Å². The molecular weight excluding hydrogens is 460 g/mol. The topological polar surface area (TPSA) is 69.1 Å². The molecule has 1 aliphatic rings. The van der Waals surface area contributed by atoms with Crippen molar-refractivity contribution in [3.8, 4) is 5.75 Å². The Morgan fingerprint density at radius 2 is 1.91 bits per heavy atom. The molecule has 0 unspecified atom stereocenters. The van der Waals surface area contributed by atoms with Gasteiger partial charge >= 0.3 is 0 Å². The van der Waals surface area contributed by atoms with Crippen molar-refractivity contribution in [2.75, 3.05) is 57.3 Å². The molecule has 1 saturated heterocycles. The lowest BCUT2D eigenvalue weighted by Crippen LogP contribution is -2.50. The Kier molecular flexibility index (Phi) is 8.16. The minimum absolute atomic E-state index is 0.254. The average Bonchev–Trinajstić information content (AvgIpc) is 3.19. The minimum Gasteiger partial charge on any atom is -0.491 e. The maximum Gasteiger partial charge on any atom is 0.214 e. The Bertz CT molecular complexity index is 1050. The number of hydrogen-bond donors (Lipinski definition) is 1. The van der Waals surface area contributed by atoms with Crippen LogP contribution in [0.25, 0.3) is 10.2 Å². The quantitative estimate of drug-likeness (QED) is 0.442. The summed E-state index contributed by atoms with van der Waals surface area (Å²) in [5, 5.41) is 12.1. The molecule has 2 aromatic carbocycles. The van der Waals surface area contributed by atoms with Crippen molar-refractivity contribution >= 4 is 45.3 Å². The highest BCUT2D eigenvalue weighted by molar-refractivity contribution is 7.18. The van der Waals surface area contributed by atoms with Crippen LogP contribution in [0.4, 0.5) is 5.69 Å². The van der Waals surface area contributed by atoms with E-state index >= 15 is 0 Å². The number of carbonyl (C=O) groups excluding carboxylic acids is 1. The van der Waals surface area contributed by atoms with Gasteiger partial charge in [-0.05, 0) is 43.3 Å². The molecule has 1 aromatic heterocycles. The first-order chi connectivity index (χ1) is 16.0.